The zero-order valence-electron chi connectivity index (χ0n) is 10.8. The quantitative estimate of drug-likeness (QED) is 0.787. The van der Waals surface area contributed by atoms with Crippen LogP contribution in [0.5, 0.6) is 11.8 Å². The summed E-state index contributed by atoms with van der Waals surface area (Å²) in [4.78, 5) is 16.5. The molecule has 2 rings (SSSR count). The Bertz CT molecular complexity index is 644. The van der Waals surface area contributed by atoms with E-state index in [0.29, 0.717) is 11.2 Å². The zero-order valence-corrected chi connectivity index (χ0v) is 11.6. The van der Waals surface area contributed by atoms with E-state index in [0.717, 1.165) is 5.56 Å². The summed E-state index contributed by atoms with van der Waals surface area (Å²) in [5, 5.41) is 18.6. The minimum Gasteiger partial charge on any atom is -0.768 e. The van der Waals surface area contributed by atoms with Gasteiger partial charge in [-0.1, -0.05) is 12.1 Å². The van der Waals surface area contributed by atoms with Crippen molar-refractivity contribution in [3.05, 3.63) is 42.0 Å². The molecule has 0 aliphatic heterocycles. The highest BCUT2D eigenvalue weighted by atomic mass is 32.2. The van der Waals surface area contributed by atoms with Crippen LogP contribution in [-0.2, 0) is 22.3 Å². The zero-order chi connectivity index (χ0) is 15.4. The summed E-state index contributed by atoms with van der Waals surface area (Å²) in [6, 6.07) is 8.45. The lowest BCUT2D eigenvalue weighted by atomic mass is 10.1. The number of aryl methyl sites for hydroxylation is 1. The van der Waals surface area contributed by atoms with Crippen molar-refractivity contribution in [3.8, 4) is 11.8 Å². The van der Waals surface area contributed by atoms with Crippen molar-refractivity contribution in [1.82, 2.24) is 4.73 Å². The van der Waals surface area contributed by atoms with E-state index in [2.05, 4.69) is 0 Å². The van der Waals surface area contributed by atoms with Gasteiger partial charge in [0, 0.05) is 17.0 Å². The molecule has 1 aromatic heterocycles. The van der Waals surface area contributed by atoms with Crippen molar-refractivity contribution in [2.75, 3.05) is 0 Å². The van der Waals surface area contributed by atoms with Gasteiger partial charge >= 0.3 is 5.97 Å². The van der Waals surface area contributed by atoms with Crippen LogP contribution in [-0.4, -0.2) is 29.7 Å². The van der Waals surface area contributed by atoms with E-state index in [4.69, 9.17) is 4.84 Å². The first-order valence-corrected chi connectivity index (χ1v) is 7.04. The van der Waals surface area contributed by atoms with Crippen LogP contribution in [0.25, 0.3) is 0 Å². The fourth-order valence-electron chi connectivity index (χ4n) is 1.66. The average molecular weight is 310 g/mol. The minimum absolute atomic E-state index is 0.0108. The highest BCUT2D eigenvalue weighted by Gasteiger charge is 2.12. The van der Waals surface area contributed by atoms with Crippen LogP contribution >= 0.6 is 0 Å². The van der Waals surface area contributed by atoms with E-state index in [9.17, 15) is 23.8 Å². The third-order valence-electron chi connectivity index (χ3n) is 2.72. The number of aromatic nitrogens is 1. The fourth-order valence-corrected chi connectivity index (χ4v) is 2.01. The Kier molecular flexibility index (Phi) is 4.61. The molecule has 1 heterocycles. The van der Waals surface area contributed by atoms with Crippen LogP contribution in [0.3, 0.4) is 0 Å². The summed E-state index contributed by atoms with van der Waals surface area (Å²) in [7, 11) is 0. The van der Waals surface area contributed by atoms with Crippen LogP contribution in [0.15, 0.2) is 41.3 Å². The average Bonchev–Trinajstić information content (AvgIpc) is 2.77. The Hall–Kier alpha value is -2.32. The Balaban J connectivity index is 1.91. The molecule has 2 N–H and O–H groups in total. The van der Waals surface area contributed by atoms with Crippen molar-refractivity contribution >= 4 is 17.0 Å². The van der Waals surface area contributed by atoms with Gasteiger partial charge in [0.2, 0.25) is 11.8 Å². The first-order chi connectivity index (χ1) is 9.97. The number of hydrogen-bond acceptors (Lipinski definition) is 6. The van der Waals surface area contributed by atoms with Crippen LogP contribution in [0.4, 0.5) is 0 Å². The van der Waals surface area contributed by atoms with Gasteiger partial charge in [0.25, 0.3) is 0 Å². The van der Waals surface area contributed by atoms with Gasteiger partial charge in [-0.25, -0.2) is 4.79 Å². The Morgan fingerprint density at radius 1 is 1.14 bits per heavy atom. The molecule has 0 radical (unpaired) electrons. The topological polar surface area (TPSA) is 112 Å². The lowest BCUT2D eigenvalue weighted by Gasteiger charge is -2.08. The molecule has 0 aliphatic carbocycles. The number of benzene rings is 1. The highest BCUT2D eigenvalue weighted by Crippen LogP contribution is 2.19. The van der Waals surface area contributed by atoms with Crippen molar-refractivity contribution in [3.63, 3.8) is 0 Å². The second kappa shape index (κ2) is 6.42. The Morgan fingerprint density at radius 2 is 1.71 bits per heavy atom. The largest absolute Gasteiger partial charge is 0.768 e. The number of hydrogen-bond donors (Lipinski definition) is 2. The van der Waals surface area contributed by atoms with E-state index in [1.54, 1.807) is 12.1 Å². The maximum Gasteiger partial charge on any atom is 0.333 e. The first kappa shape index (κ1) is 15.1. The lowest BCUT2D eigenvalue weighted by molar-refractivity contribution is -0.145. The van der Waals surface area contributed by atoms with E-state index >= 15 is 0 Å². The highest BCUT2D eigenvalue weighted by molar-refractivity contribution is 7.79. The van der Waals surface area contributed by atoms with Gasteiger partial charge in [-0.05, 0) is 35.2 Å². The van der Waals surface area contributed by atoms with Gasteiger partial charge in [-0.15, -0.1) is 4.73 Å². The first-order valence-electron chi connectivity index (χ1n) is 5.96. The number of carbonyl (C=O) groups is 1. The van der Waals surface area contributed by atoms with E-state index < -0.39 is 17.0 Å². The molecule has 21 heavy (non-hydrogen) atoms. The SMILES string of the molecule is O=C(CCc1ccc(S(=O)[O-])cc1)On1c(O)ccc1O. The van der Waals surface area contributed by atoms with E-state index in [1.807, 2.05) is 0 Å². The normalized spacial score (nSPS) is 12.0. The van der Waals surface area contributed by atoms with Gasteiger partial charge in [0.05, 0.1) is 6.42 Å². The maximum atomic E-state index is 11.6. The third-order valence-corrected chi connectivity index (χ3v) is 3.38. The molecule has 0 saturated carbocycles. The summed E-state index contributed by atoms with van der Waals surface area (Å²) in [5.41, 5.74) is 0.766. The molecule has 8 heteroatoms. The summed E-state index contributed by atoms with van der Waals surface area (Å²) < 4.78 is 22.0. The Morgan fingerprint density at radius 3 is 2.24 bits per heavy atom. The predicted molar refractivity (Wildman–Crippen MR) is 71.3 cm³/mol. The van der Waals surface area contributed by atoms with Crippen molar-refractivity contribution < 1.29 is 28.6 Å². The molecule has 1 atom stereocenters. The molecule has 0 fully saturated rings. The number of nitrogens with zero attached hydrogens (tertiary/aromatic N) is 1. The maximum absolute atomic E-state index is 11.6. The molecule has 7 nitrogen and oxygen atoms in total. The van der Waals surface area contributed by atoms with Crippen LogP contribution in [0.1, 0.15) is 12.0 Å². The smallest absolute Gasteiger partial charge is 0.333 e. The van der Waals surface area contributed by atoms with Crippen LogP contribution in [0, 0.1) is 0 Å². The summed E-state index contributed by atoms with van der Waals surface area (Å²) in [6.45, 7) is 0. The molecular formula is C13H12NO6S-. The van der Waals surface area contributed by atoms with Crippen LogP contribution < -0.4 is 4.84 Å². The summed E-state index contributed by atoms with van der Waals surface area (Å²) in [6.07, 6.45) is 0.351. The molecule has 2 aromatic rings. The molecule has 1 unspecified atom stereocenters. The monoisotopic (exact) mass is 310 g/mol. The molecule has 1 aromatic carbocycles. The number of rotatable bonds is 5. The van der Waals surface area contributed by atoms with Gasteiger partial charge in [0.15, 0.2) is 0 Å². The second-order valence-corrected chi connectivity index (χ2v) is 5.13. The molecule has 0 saturated heterocycles. The lowest BCUT2D eigenvalue weighted by Crippen LogP contribution is -2.19. The summed E-state index contributed by atoms with van der Waals surface area (Å²) in [5.74, 6) is -1.42. The molecule has 0 amide bonds. The standard InChI is InChI=1S/C13H13NO6S/c15-11-6-7-12(16)14(11)20-13(17)8-3-9-1-4-10(5-2-9)21(18)19/h1-2,4-7,15-16H,3,8H2,(H,18,19)/p-1. The van der Waals surface area contributed by atoms with E-state index in [1.165, 1.54) is 24.3 Å². The van der Waals surface area contributed by atoms with Gasteiger partial charge in [-0.2, -0.15) is 0 Å². The predicted octanol–water partition coefficient (Wildman–Crippen LogP) is 0.725. The molecule has 0 aliphatic rings. The van der Waals surface area contributed by atoms with Gasteiger partial charge < -0.3 is 19.6 Å². The van der Waals surface area contributed by atoms with Gasteiger partial charge in [0.1, 0.15) is 0 Å². The number of aromatic hydroxyl groups is 2. The summed E-state index contributed by atoms with van der Waals surface area (Å²) >= 11 is -2.28. The minimum atomic E-state index is -2.28. The van der Waals surface area contributed by atoms with Crippen molar-refractivity contribution in [2.24, 2.45) is 0 Å². The fraction of sp³-hybridized carbons (Fsp3) is 0.154. The number of carbonyl (C=O) groups excluding carboxylic acids is 1. The van der Waals surface area contributed by atoms with Crippen molar-refractivity contribution in [1.29, 1.82) is 0 Å². The van der Waals surface area contributed by atoms with E-state index in [-0.39, 0.29) is 23.1 Å². The molecule has 0 spiro atoms. The Labute approximate surface area is 122 Å². The molecule has 0 bridgehead atoms. The molecule has 112 valence electrons. The third kappa shape index (κ3) is 3.83. The van der Waals surface area contributed by atoms with Crippen LogP contribution in [0.2, 0.25) is 0 Å². The van der Waals surface area contributed by atoms with Gasteiger partial charge in [-0.3, -0.25) is 4.21 Å². The second-order valence-electron chi connectivity index (χ2n) is 4.19. The van der Waals surface area contributed by atoms with Crippen molar-refractivity contribution in [2.45, 2.75) is 17.7 Å². The molecular weight excluding hydrogens is 298 g/mol.